The van der Waals surface area contributed by atoms with E-state index >= 15 is 0 Å². The Hall–Kier alpha value is -2.04. The number of amides is 1. The van der Waals surface area contributed by atoms with Crippen LogP contribution in [0, 0.1) is 0 Å². The highest BCUT2D eigenvalue weighted by molar-refractivity contribution is 5.68. The van der Waals surface area contributed by atoms with E-state index in [2.05, 4.69) is 29.0 Å². The van der Waals surface area contributed by atoms with Gasteiger partial charge in [-0.2, -0.15) is 0 Å². The lowest BCUT2D eigenvalue weighted by molar-refractivity contribution is 0.0240. The van der Waals surface area contributed by atoms with Gasteiger partial charge in [-0.15, -0.1) is 0 Å². The van der Waals surface area contributed by atoms with E-state index in [0.29, 0.717) is 13.1 Å². The van der Waals surface area contributed by atoms with Gasteiger partial charge in [0.05, 0.1) is 0 Å². The molecule has 1 amide bonds. The second kappa shape index (κ2) is 7.69. The molecule has 24 heavy (non-hydrogen) atoms. The lowest BCUT2D eigenvalue weighted by atomic mass is 10.1. The first-order valence-corrected chi connectivity index (χ1v) is 8.68. The molecule has 1 aromatic rings. The van der Waals surface area contributed by atoms with Gasteiger partial charge in [-0.3, -0.25) is 0 Å². The average molecular weight is 331 g/mol. The van der Waals surface area contributed by atoms with Crippen LogP contribution in [0.3, 0.4) is 0 Å². The highest BCUT2D eigenvalue weighted by Crippen LogP contribution is 2.22. The Morgan fingerprint density at radius 2 is 1.96 bits per heavy atom. The van der Waals surface area contributed by atoms with Gasteiger partial charge < -0.3 is 14.5 Å². The van der Waals surface area contributed by atoms with Gasteiger partial charge in [-0.1, -0.05) is 19.1 Å². The third-order valence-electron chi connectivity index (χ3n) is 3.93. The number of ether oxygens (including phenoxy) is 1. The van der Waals surface area contributed by atoms with Crippen LogP contribution in [-0.2, 0) is 11.2 Å². The Morgan fingerprint density at radius 3 is 2.50 bits per heavy atom. The summed E-state index contributed by atoms with van der Waals surface area (Å²) in [4.78, 5) is 20.9. The van der Waals surface area contributed by atoms with Crippen molar-refractivity contribution in [2.75, 3.05) is 31.1 Å². The summed E-state index contributed by atoms with van der Waals surface area (Å²) in [6.07, 6.45) is 6.72. The van der Waals surface area contributed by atoms with Crippen LogP contribution in [0.15, 0.2) is 18.3 Å². The van der Waals surface area contributed by atoms with Gasteiger partial charge in [0, 0.05) is 32.4 Å². The molecule has 0 spiro atoms. The van der Waals surface area contributed by atoms with E-state index in [9.17, 15) is 4.79 Å². The molecule has 2 heterocycles. The van der Waals surface area contributed by atoms with Crippen molar-refractivity contribution >= 4 is 18.0 Å². The molecule has 0 radical (unpaired) electrons. The molecule has 2 rings (SSSR count). The van der Waals surface area contributed by atoms with E-state index in [1.54, 1.807) is 4.90 Å². The maximum atomic E-state index is 12.2. The number of allylic oxidation sites excluding steroid dienone is 1. The van der Waals surface area contributed by atoms with Gasteiger partial charge in [-0.05, 0) is 51.3 Å². The monoisotopic (exact) mass is 331 g/mol. The minimum atomic E-state index is -0.451. The van der Waals surface area contributed by atoms with Crippen LogP contribution in [-0.4, -0.2) is 47.8 Å². The maximum absolute atomic E-state index is 12.2. The fourth-order valence-electron chi connectivity index (χ4n) is 2.78. The number of aromatic nitrogens is 1. The molecule has 0 bridgehead atoms. The summed E-state index contributed by atoms with van der Waals surface area (Å²) in [6, 6.07) is 2.20. The van der Waals surface area contributed by atoms with Crippen molar-refractivity contribution in [3.8, 4) is 0 Å². The standard InChI is InChI=1S/C19H29N3O2/c1-6-8-15-13-16(7-2)17(20-14-15)21-9-11-22(12-10-21)18(23)24-19(3,4)5/h6,8,13-14H,7,9-12H2,1-5H3. The minimum Gasteiger partial charge on any atom is -0.444 e. The fourth-order valence-corrected chi connectivity index (χ4v) is 2.78. The SMILES string of the molecule is CC=Cc1cnc(N2CCN(C(=O)OC(C)(C)C)CC2)c(CC)c1. The van der Waals surface area contributed by atoms with Crippen LogP contribution in [0.2, 0.25) is 0 Å². The highest BCUT2D eigenvalue weighted by atomic mass is 16.6. The second-order valence-electron chi connectivity index (χ2n) is 7.06. The number of aryl methyl sites for hydroxylation is 1. The predicted octanol–water partition coefficient (Wildman–Crippen LogP) is 3.73. The van der Waals surface area contributed by atoms with Crippen molar-refractivity contribution < 1.29 is 9.53 Å². The van der Waals surface area contributed by atoms with Crippen LogP contribution >= 0.6 is 0 Å². The maximum Gasteiger partial charge on any atom is 0.410 e. The predicted molar refractivity (Wildman–Crippen MR) is 98.3 cm³/mol. The average Bonchev–Trinajstić information content (AvgIpc) is 2.53. The Kier molecular flexibility index (Phi) is 5.86. The molecule has 1 saturated heterocycles. The molecule has 0 atom stereocenters. The summed E-state index contributed by atoms with van der Waals surface area (Å²) in [5, 5.41) is 0. The normalized spacial score (nSPS) is 15.9. The van der Waals surface area contributed by atoms with E-state index in [-0.39, 0.29) is 6.09 Å². The highest BCUT2D eigenvalue weighted by Gasteiger charge is 2.26. The zero-order chi connectivity index (χ0) is 17.7. The third-order valence-corrected chi connectivity index (χ3v) is 3.93. The van der Waals surface area contributed by atoms with Crippen molar-refractivity contribution in [1.82, 2.24) is 9.88 Å². The van der Waals surface area contributed by atoms with E-state index in [4.69, 9.17) is 4.74 Å². The van der Waals surface area contributed by atoms with Crippen LogP contribution in [0.5, 0.6) is 0 Å². The Bertz CT molecular complexity index is 597. The Morgan fingerprint density at radius 1 is 1.29 bits per heavy atom. The van der Waals surface area contributed by atoms with Gasteiger partial charge >= 0.3 is 6.09 Å². The summed E-state index contributed by atoms with van der Waals surface area (Å²) < 4.78 is 5.45. The summed E-state index contributed by atoms with van der Waals surface area (Å²) in [5.74, 6) is 1.04. The first kappa shape index (κ1) is 18.3. The number of hydrogen-bond donors (Lipinski definition) is 0. The van der Waals surface area contributed by atoms with E-state index < -0.39 is 5.60 Å². The molecule has 1 aliphatic heterocycles. The number of carbonyl (C=O) groups excluding carboxylic acids is 1. The van der Waals surface area contributed by atoms with E-state index in [0.717, 1.165) is 30.9 Å². The topological polar surface area (TPSA) is 45.7 Å². The number of pyridine rings is 1. The lowest BCUT2D eigenvalue weighted by Crippen LogP contribution is -2.50. The van der Waals surface area contributed by atoms with E-state index in [1.807, 2.05) is 40.0 Å². The summed E-state index contributed by atoms with van der Waals surface area (Å²) in [6.45, 7) is 12.7. The molecule has 1 aromatic heterocycles. The van der Waals surface area contributed by atoms with Crippen LogP contribution in [0.25, 0.3) is 6.08 Å². The van der Waals surface area contributed by atoms with Crippen molar-refractivity contribution in [2.24, 2.45) is 0 Å². The number of carbonyl (C=O) groups is 1. The molecule has 5 heteroatoms. The van der Waals surface area contributed by atoms with Gasteiger partial charge in [0.25, 0.3) is 0 Å². The van der Waals surface area contributed by atoms with Gasteiger partial charge in [0.1, 0.15) is 11.4 Å². The largest absolute Gasteiger partial charge is 0.444 e. The molecule has 5 nitrogen and oxygen atoms in total. The zero-order valence-electron chi connectivity index (χ0n) is 15.5. The van der Waals surface area contributed by atoms with E-state index in [1.165, 1.54) is 5.56 Å². The molecule has 0 aromatic carbocycles. The molecule has 0 N–H and O–H groups in total. The third kappa shape index (κ3) is 4.73. The Labute approximate surface area is 145 Å². The molecule has 0 saturated carbocycles. The number of nitrogens with zero attached hydrogens (tertiary/aromatic N) is 3. The summed E-state index contributed by atoms with van der Waals surface area (Å²) in [5.41, 5.74) is 1.93. The first-order chi connectivity index (χ1) is 11.3. The van der Waals surface area contributed by atoms with Crippen LogP contribution < -0.4 is 4.90 Å². The fraction of sp³-hybridized carbons (Fsp3) is 0.579. The summed E-state index contributed by atoms with van der Waals surface area (Å²) in [7, 11) is 0. The molecule has 0 aliphatic carbocycles. The Balaban J connectivity index is 2.03. The minimum absolute atomic E-state index is 0.228. The van der Waals surface area contributed by atoms with Gasteiger partial charge in [0.15, 0.2) is 0 Å². The smallest absolute Gasteiger partial charge is 0.410 e. The zero-order valence-corrected chi connectivity index (χ0v) is 15.5. The van der Waals surface area contributed by atoms with Crippen LogP contribution in [0.4, 0.5) is 10.6 Å². The molecule has 0 unspecified atom stereocenters. The number of hydrogen-bond acceptors (Lipinski definition) is 4. The summed E-state index contributed by atoms with van der Waals surface area (Å²) >= 11 is 0. The van der Waals surface area contributed by atoms with Crippen LogP contribution in [0.1, 0.15) is 45.7 Å². The first-order valence-electron chi connectivity index (χ1n) is 8.68. The second-order valence-corrected chi connectivity index (χ2v) is 7.06. The number of rotatable bonds is 3. The van der Waals surface area contributed by atoms with Crippen molar-refractivity contribution in [2.45, 2.75) is 46.6 Å². The molecule has 132 valence electrons. The van der Waals surface area contributed by atoms with Crippen molar-refractivity contribution in [1.29, 1.82) is 0 Å². The quantitative estimate of drug-likeness (QED) is 0.846. The van der Waals surface area contributed by atoms with Crippen molar-refractivity contribution in [3.63, 3.8) is 0 Å². The molecular formula is C19H29N3O2. The lowest BCUT2D eigenvalue weighted by Gasteiger charge is -2.36. The van der Waals surface area contributed by atoms with Crippen molar-refractivity contribution in [3.05, 3.63) is 29.5 Å². The number of piperazine rings is 1. The molecule has 1 aliphatic rings. The molecular weight excluding hydrogens is 302 g/mol. The van der Waals surface area contributed by atoms with Gasteiger partial charge in [0.2, 0.25) is 0 Å². The molecule has 1 fully saturated rings. The number of anilines is 1. The van der Waals surface area contributed by atoms with Gasteiger partial charge in [-0.25, -0.2) is 9.78 Å².